The zero-order valence-corrected chi connectivity index (χ0v) is 15.9. The van der Waals surface area contributed by atoms with Crippen LogP contribution in [-0.4, -0.2) is 30.0 Å². The minimum atomic E-state index is -4.40. The Morgan fingerprint density at radius 1 is 1.03 bits per heavy atom. The molecule has 1 aromatic heterocycles. The summed E-state index contributed by atoms with van der Waals surface area (Å²) in [5, 5.41) is 2.80. The fraction of sp³-hybridized carbons (Fsp3) is 0.190. The SMILES string of the molecule is CN(C)c1nccc(CNC(=O)c2ccccc2-c2ccc(C(F)(F)F)cc2)n1. The summed E-state index contributed by atoms with van der Waals surface area (Å²) in [4.78, 5) is 22.9. The molecule has 0 saturated heterocycles. The fourth-order valence-electron chi connectivity index (χ4n) is 2.74. The number of hydrogen-bond donors (Lipinski definition) is 1. The highest BCUT2D eigenvalue weighted by Gasteiger charge is 2.30. The second kappa shape index (κ2) is 8.30. The predicted octanol–water partition coefficient (Wildman–Crippen LogP) is 4.16. The number of carbonyl (C=O) groups excluding carboxylic acids is 1. The molecule has 1 heterocycles. The largest absolute Gasteiger partial charge is 0.416 e. The Hall–Kier alpha value is -3.42. The van der Waals surface area contributed by atoms with E-state index in [4.69, 9.17) is 0 Å². The number of alkyl halides is 3. The molecule has 29 heavy (non-hydrogen) atoms. The molecule has 8 heteroatoms. The number of nitrogens with one attached hydrogen (secondary N) is 1. The molecule has 0 spiro atoms. The van der Waals surface area contributed by atoms with Crippen molar-refractivity contribution in [3.05, 3.63) is 77.6 Å². The Bertz CT molecular complexity index is 1000. The van der Waals surface area contributed by atoms with E-state index in [2.05, 4.69) is 15.3 Å². The molecular weight excluding hydrogens is 381 g/mol. The van der Waals surface area contributed by atoms with Crippen LogP contribution in [0.4, 0.5) is 19.1 Å². The van der Waals surface area contributed by atoms with E-state index in [9.17, 15) is 18.0 Å². The van der Waals surface area contributed by atoms with Crippen molar-refractivity contribution in [2.75, 3.05) is 19.0 Å². The van der Waals surface area contributed by atoms with Crippen molar-refractivity contribution >= 4 is 11.9 Å². The third-order valence-corrected chi connectivity index (χ3v) is 4.23. The van der Waals surface area contributed by atoms with Gasteiger partial charge in [0.25, 0.3) is 5.91 Å². The lowest BCUT2D eigenvalue weighted by molar-refractivity contribution is -0.137. The van der Waals surface area contributed by atoms with E-state index in [0.29, 0.717) is 28.3 Å². The van der Waals surface area contributed by atoms with Crippen LogP contribution in [0.1, 0.15) is 21.6 Å². The van der Waals surface area contributed by atoms with Crippen LogP contribution in [0.2, 0.25) is 0 Å². The van der Waals surface area contributed by atoms with Gasteiger partial charge in [0.2, 0.25) is 5.95 Å². The van der Waals surface area contributed by atoms with E-state index >= 15 is 0 Å². The molecule has 0 radical (unpaired) electrons. The van der Waals surface area contributed by atoms with Crippen LogP contribution in [0, 0.1) is 0 Å². The predicted molar refractivity (Wildman–Crippen MR) is 104 cm³/mol. The van der Waals surface area contributed by atoms with E-state index in [1.54, 1.807) is 41.4 Å². The second-order valence-electron chi connectivity index (χ2n) is 6.55. The molecule has 0 atom stereocenters. The van der Waals surface area contributed by atoms with Crippen LogP contribution < -0.4 is 10.2 Å². The van der Waals surface area contributed by atoms with Gasteiger partial charge < -0.3 is 10.2 Å². The Morgan fingerprint density at radius 2 is 1.72 bits per heavy atom. The van der Waals surface area contributed by atoms with Crippen LogP contribution >= 0.6 is 0 Å². The summed E-state index contributed by atoms with van der Waals surface area (Å²) in [6.45, 7) is 0.198. The van der Waals surface area contributed by atoms with Gasteiger partial charge in [0, 0.05) is 25.9 Å². The average molecular weight is 400 g/mol. The highest BCUT2D eigenvalue weighted by molar-refractivity contribution is 6.00. The van der Waals surface area contributed by atoms with E-state index in [-0.39, 0.29) is 12.5 Å². The van der Waals surface area contributed by atoms with E-state index in [1.165, 1.54) is 12.1 Å². The molecule has 1 amide bonds. The molecule has 3 aromatic rings. The van der Waals surface area contributed by atoms with E-state index < -0.39 is 11.7 Å². The van der Waals surface area contributed by atoms with Gasteiger partial charge in [-0.2, -0.15) is 13.2 Å². The quantitative estimate of drug-likeness (QED) is 0.699. The summed E-state index contributed by atoms with van der Waals surface area (Å²) < 4.78 is 38.4. The number of carbonyl (C=O) groups is 1. The summed E-state index contributed by atoms with van der Waals surface area (Å²) in [5.41, 5.74) is 1.36. The summed E-state index contributed by atoms with van der Waals surface area (Å²) in [5.74, 6) is 0.187. The first-order chi connectivity index (χ1) is 13.8. The number of halogens is 3. The lowest BCUT2D eigenvalue weighted by Gasteiger charge is -2.13. The number of anilines is 1. The third-order valence-electron chi connectivity index (χ3n) is 4.23. The molecule has 5 nitrogen and oxygen atoms in total. The van der Waals surface area contributed by atoms with Crippen molar-refractivity contribution in [3.63, 3.8) is 0 Å². The Morgan fingerprint density at radius 3 is 2.38 bits per heavy atom. The maximum Gasteiger partial charge on any atom is 0.416 e. The maximum atomic E-state index is 12.8. The van der Waals surface area contributed by atoms with Crippen molar-refractivity contribution in [3.8, 4) is 11.1 Å². The van der Waals surface area contributed by atoms with Crippen molar-refractivity contribution in [1.29, 1.82) is 0 Å². The lowest BCUT2D eigenvalue weighted by atomic mass is 9.98. The minimum Gasteiger partial charge on any atom is -0.347 e. The summed E-state index contributed by atoms with van der Waals surface area (Å²) in [7, 11) is 3.63. The first-order valence-corrected chi connectivity index (χ1v) is 8.80. The smallest absolute Gasteiger partial charge is 0.347 e. The molecule has 0 bridgehead atoms. The van der Waals surface area contributed by atoms with Crippen LogP contribution in [0.15, 0.2) is 60.8 Å². The molecule has 150 valence electrons. The normalized spacial score (nSPS) is 11.2. The molecular formula is C21H19F3N4O. The molecule has 0 aliphatic rings. The van der Waals surface area contributed by atoms with Crippen LogP contribution in [0.3, 0.4) is 0 Å². The minimum absolute atomic E-state index is 0.198. The molecule has 0 aliphatic carbocycles. The van der Waals surface area contributed by atoms with E-state index in [1.807, 2.05) is 14.1 Å². The average Bonchev–Trinajstić information content (AvgIpc) is 2.71. The topological polar surface area (TPSA) is 58.1 Å². The van der Waals surface area contributed by atoms with Gasteiger partial charge in [-0.1, -0.05) is 30.3 Å². The standard InChI is InChI=1S/C21H19F3N4O/c1-28(2)20-25-12-11-16(27-20)13-26-19(29)18-6-4-3-5-17(18)14-7-9-15(10-8-14)21(22,23)24/h3-12H,13H2,1-2H3,(H,26,29). The lowest BCUT2D eigenvalue weighted by Crippen LogP contribution is -2.24. The van der Waals surface area contributed by atoms with Gasteiger partial charge >= 0.3 is 6.18 Å². The van der Waals surface area contributed by atoms with Gasteiger partial charge in [0.1, 0.15) is 0 Å². The van der Waals surface area contributed by atoms with Crippen LogP contribution in [0.5, 0.6) is 0 Å². The fourth-order valence-corrected chi connectivity index (χ4v) is 2.74. The van der Waals surface area contributed by atoms with Gasteiger partial charge in [-0.25, -0.2) is 9.97 Å². The Kier molecular flexibility index (Phi) is 5.81. The first kappa shape index (κ1) is 20.3. The number of hydrogen-bond acceptors (Lipinski definition) is 4. The summed E-state index contributed by atoms with van der Waals surface area (Å²) in [6.07, 6.45) is -2.79. The zero-order valence-electron chi connectivity index (χ0n) is 15.9. The Balaban J connectivity index is 1.79. The van der Waals surface area contributed by atoms with E-state index in [0.717, 1.165) is 12.1 Å². The molecule has 2 aromatic carbocycles. The van der Waals surface area contributed by atoms with Gasteiger partial charge in [0.15, 0.2) is 0 Å². The second-order valence-corrected chi connectivity index (χ2v) is 6.55. The van der Waals surface area contributed by atoms with Gasteiger partial charge in [-0.05, 0) is 35.4 Å². The van der Waals surface area contributed by atoms with Crippen molar-refractivity contribution in [1.82, 2.24) is 15.3 Å². The van der Waals surface area contributed by atoms with Crippen molar-refractivity contribution < 1.29 is 18.0 Å². The number of amides is 1. The Labute approximate surface area is 166 Å². The molecule has 0 unspecified atom stereocenters. The van der Waals surface area contributed by atoms with Gasteiger partial charge in [-0.3, -0.25) is 4.79 Å². The molecule has 0 fully saturated rings. The highest BCUT2D eigenvalue weighted by atomic mass is 19.4. The zero-order chi connectivity index (χ0) is 21.0. The summed E-state index contributed by atoms with van der Waals surface area (Å²) in [6, 6.07) is 13.2. The highest BCUT2D eigenvalue weighted by Crippen LogP contribution is 2.31. The van der Waals surface area contributed by atoms with Crippen LogP contribution in [-0.2, 0) is 12.7 Å². The van der Waals surface area contributed by atoms with Gasteiger partial charge in [-0.15, -0.1) is 0 Å². The summed E-state index contributed by atoms with van der Waals surface area (Å²) >= 11 is 0. The molecule has 0 saturated carbocycles. The number of rotatable bonds is 5. The monoisotopic (exact) mass is 400 g/mol. The first-order valence-electron chi connectivity index (χ1n) is 8.80. The molecule has 1 N–H and O–H groups in total. The van der Waals surface area contributed by atoms with Gasteiger partial charge in [0.05, 0.1) is 17.8 Å². The van der Waals surface area contributed by atoms with Crippen molar-refractivity contribution in [2.24, 2.45) is 0 Å². The number of aromatic nitrogens is 2. The molecule has 3 rings (SSSR count). The third kappa shape index (κ3) is 4.90. The molecule has 0 aliphatic heterocycles. The maximum absolute atomic E-state index is 12.8. The number of nitrogens with zero attached hydrogens (tertiary/aromatic N) is 3. The number of benzene rings is 2. The van der Waals surface area contributed by atoms with Crippen LogP contribution in [0.25, 0.3) is 11.1 Å². The van der Waals surface area contributed by atoms with Crippen molar-refractivity contribution in [2.45, 2.75) is 12.7 Å².